The van der Waals surface area contributed by atoms with E-state index in [0.29, 0.717) is 17.9 Å². The molecular weight excluding hydrogens is 302 g/mol. The van der Waals surface area contributed by atoms with Gasteiger partial charge in [0.1, 0.15) is 6.29 Å². The van der Waals surface area contributed by atoms with Crippen LogP contribution >= 0.6 is 0 Å². The second kappa shape index (κ2) is 7.14. The van der Waals surface area contributed by atoms with Crippen LogP contribution < -0.4 is 9.47 Å². The number of carbonyl (C=O) groups is 1. The van der Waals surface area contributed by atoms with Gasteiger partial charge >= 0.3 is 0 Å². The quantitative estimate of drug-likeness (QED) is 0.774. The van der Waals surface area contributed by atoms with E-state index in [0.717, 1.165) is 43.9 Å². The molecule has 132 valence electrons. The van der Waals surface area contributed by atoms with Gasteiger partial charge in [0.25, 0.3) is 0 Å². The summed E-state index contributed by atoms with van der Waals surface area (Å²) in [4.78, 5) is 14.3. The summed E-state index contributed by atoms with van der Waals surface area (Å²) in [5, 5.41) is 0. The number of fused-ring (bicyclic) bond motifs is 3. The Labute approximate surface area is 145 Å². The van der Waals surface area contributed by atoms with E-state index in [2.05, 4.69) is 30.9 Å². The monoisotopic (exact) mass is 331 g/mol. The Bertz CT molecular complexity index is 599. The van der Waals surface area contributed by atoms with Gasteiger partial charge < -0.3 is 14.3 Å². The molecular formula is C20H29NO3. The van der Waals surface area contributed by atoms with Gasteiger partial charge in [0.15, 0.2) is 11.5 Å². The highest BCUT2D eigenvalue weighted by Gasteiger charge is 2.39. The fourth-order valence-corrected chi connectivity index (χ4v) is 4.48. The topological polar surface area (TPSA) is 38.8 Å². The zero-order chi connectivity index (χ0) is 17.3. The number of aldehydes is 1. The average molecular weight is 331 g/mol. The molecule has 0 aromatic heterocycles. The molecule has 2 aliphatic rings. The lowest BCUT2D eigenvalue weighted by molar-refractivity contribution is -0.115. The molecule has 1 unspecified atom stereocenters. The van der Waals surface area contributed by atoms with Crippen molar-refractivity contribution in [1.29, 1.82) is 0 Å². The van der Waals surface area contributed by atoms with Crippen LogP contribution in [0.25, 0.3) is 0 Å². The summed E-state index contributed by atoms with van der Waals surface area (Å²) in [7, 11) is 3.36. The van der Waals surface area contributed by atoms with Crippen LogP contribution in [0, 0.1) is 17.8 Å². The Morgan fingerprint density at radius 2 is 1.96 bits per heavy atom. The van der Waals surface area contributed by atoms with E-state index in [4.69, 9.17) is 9.47 Å². The van der Waals surface area contributed by atoms with Crippen molar-refractivity contribution in [2.24, 2.45) is 17.8 Å². The van der Waals surface area contributed by atoms with E-state index < -0.39 is 0 Å². The number of nitrogens with zero attached hydrogens (tertiary/aromatic N) is 1. The van der Waals surface area contributed by atoms with Gasteiger partial charge in [0.05, 0.1) is 14.2 Å². The summed E-state index contributed by atoms with van der Waals surface area (Å²) in [6.45, 7) is 6.58. The zero-order valence-electron chi connectivity index (χ0n) is 15.2. The molecule has 2 aliphatic heterocycles. The summed E-state index contributed by atoms with van der Waals surface area (Å²) < 4.78 is 10.9. The molecule has 0 amide bonds. The van der Waals surface area contributed by atoms with Crippen molar-refractivity contribution in [3.05, 3.63) is 23.3 Å². The van der Waals surface area contributed by atoms with Crippen molar-refractivity contribution in [2.75, 3.05) is 27.3 Å². The van der Waals surface area contributed by atoms with Crippen LogP contribution in [0.3, 0.4) is 0 Å². The van der Waals surface area contributed by atoms with E-state index in [-0.39, 0.29) is 5.92 Å². The molecule has 2 heterocycles. The van der Waals surface area contributed by atoms with Gasteiger partial charge in [-0.05, 0) is 54.4 Å². The van der Waals surface area contributed by atoms with E-state index in [1.54, 1.807) is 14.2 Å². The second-order valence-corrected chi connectivity index (χ2v) is 7.59. The van der Waals surface area contributed by atoms with E-state index >= 15 is 0 Å². The molecule has 4 nitrogen and oxygen atoms in total. The predicted molar refractivity (Wildman–Crippen MR) is 94.7 cm³/mol. The first-order valence-corrected chi connectivity index (χ1v) is 9.01. The SMILES string of the molecule is COc1cc2c(cc1OC)[C@H]1CC(C=O)[C@@H](CC(C)C)CN1CC2. The third kappa shape index (κ3) is 3.16. The smallest absolute Gasteiger partial charge is 0.161 e. The lowest BCUT2D eigenvalue weighted by Gasteiger charge is -2.46. The predicted octanol–water partition coefficient (Wildman–Crippen LogP) is 3.48. The molecule has 1 fully saturated rings. The van der Waals surface area contributed by atoms with Crippen LogP contribution in [0.5, 0.6) is 11.5 Å². The minimum absolute atomic E-state index is 0.160. The summed E-state index contributed by atoms with van der Waals surface area (Å²) >= 11 is 0. The molecule has 4 heteroatoms. The Morgan fingerprint density at radius 3 is 2.58 bits per heavy atom. The first-order valence-electron chi connectivity index (χ1n) is 9.01. The van der Waals surface area contributed by atoms with E-state index in [9.17, 15) is 4.79 Å². The van der Waals surface area contributed by atoms with Gasteiger partial charge in [-0.1, -0.05) is 13.8 Å². The molecule has 0 saturated carbocycles. The summed E-state index contributed by atoms with van der Waals surface area (Å²) in [6, 6.07) is 4.56. The molecule has 1 aromatic carbocycles. The highest BCUT2D eigenvalue weighted by atomic mass is 16.5. The fraction of sp³-hybridized carbons (Fsp3) is 0.650. The van der Waals surface area contributed by atoms with Crippen molar-refractivity contribution < 1.29 is 14.3 Å². The van der Waals surface area contributed by atoms with Crippen LogP contribution in [0.15, 0.2) is 12.1 Å². The number of ether oxygens (including phenoxy) is 2. The van der Waals surface area contributed by atoms with Crippen molar-refractivity contribution in [3.63, 3.8) is 0 Å². The minimum atomic E-state index is 0.160. The van der Waals surface area contributed by atoms with Gasteiger partial charge in [-0.25, -0.2) is 0 Å². The molecule has 0 aliphatic carbocycles. The van der Waals surface area contributed by atoms with Crippen LogP contribution in [0.4, 0.5) is 0 Å². The van der Waals surface area contributed by atoms with Crippen molar-refractivity contribution >= 4 is 6.29 Å². The first-order chi connectivity index (χ1) is 11.6. The number of methoxy groups -OCH3 is 2. The number of piperidine rings is 1. The maximum atomic E-state index is 11.7. The van der Waals surface area contributed by atoms with E-state index in [1.807, 2.05) is 0 Å². The van der Waals surface area contributed by atoms with Crippen LogP contribution in [0.2, 0.25) is 0 Å². The highest BCUT2D eigenvalue weighted by Crippen LogP contribution is 2.45. The number of hydrogen-bond donors (Lipinski definition) is 0. The fourth-order valence-electron chi connectivity index (χ4n) is 4.48. The largest absolute Gasteiger partial charge is 0.493 e. The molecule has 1 saturated heterocycles. The van der Waals surface area contributed by atoms with Crippen molar-refractivity contribution in [1.82, 2.24) is 4.90 Å². The minimum Gasteiger partial charge on any atom is -0.493 e. The summed E-state index contributed by atoms with van der Waals surface area (Å²) in [5.41, 5.74) is 2.65. The summed E-state index contributed by atoms with van der Waals surface area (Å²) in [6.07, 6.45) is 4.28. The Morgan fingerprint density at radius 1 is 1.25 bits per heavy atom. The lowest BCUT2D eigenvalue weighted by Crippen LogP contribution is -2.46. The molecule has 0 radical (unpaired) electrons. The first kappa shape index (κ1) is 17.3. The molecule has 0 bridgehead atoms. The Balaban J connectivity index is 1.90. The highest BCUT2D eigenvalue weighted by molar-refractivity contribution is 5.56. The molecule has 3 rings (SSSR count). The third-order valence-corrected chi connectivity index (χ3v) is 5.63. The average Bonchev–Trinajstić information content (AvgIpc) is 2.59. The third-order valence-electron chi connectivity index (χ3n) is 5.63. The normalized spacial score (nSPS) is 26.6. The standard InChI is InChI=1S/C20H29NO3/c1-13(2)7-15-11-21-6-5-14-9-19(23-3)20(24-4)10-17(14)18(21)8-16(15)12-22/h9-10,12-13,15-16,18H,5-8,11H2,1-4H3/t15-,16?,18+/m0/s1. The molecule has 1 aromatic rings. The number of hydrogen-bond acceptors (Lipinski definition) is 4. The van der Waals surface area contributed by atoms with Gasteiger partial charge in [-0.3, -0.25) is 4.90 Å². The molecule has 0 spiro atoms. The molecule has 0 N–H and O–H groups in total. The van der Waals surface area contributed by atoms with Crippen LogP contribution in [0.1, 0.15) is 43.9 Å². The van der Waals surface area contributed by atoms with Crippen LogP contribution in [-0.4, -0.2) is 38.5 Å². The van der Waals surface area contributed by atoms with Gasteiger partial charge in [0, 0.05) is 25.0 Å². The maximum absolute atomic E-state index is 11.7. The van der Waals surface area contributed by atoms with Crippen molar-refractivity contribution in [3.8, 4) is 11.5 Å². The lowest BCUT2D eigenvalue weighted by atomic mass is 9.75. The van der Waals surface area contributed by atoms with Gasteiger partial charge in [0.2, 0.25) is 0 Å². The Kier molecular flexibility index (Phi) is 5.14. The molecule has 3 atom stereocenters. The van der Waals surface area contributed by atoms with Crippen molar-refractivity contribution in [2.45, 2.75) is 39.2 Å². The molecule has 24 heavy (non-hydrogen) atoms. The van der Waals surface area contributed by atoms with E-state index in [1.165, 1.54) is 17.4 Å². The van der Waals surface area contributed by atoms with Crippen LogP contribution in [-0.2, 0) is 11.2 Å². The zero-order valence-corrected chi connectivity index (χ0v) is 15.2. The van der Waals surface area contributed by atoms with Gasteiger partial charge in [-0.15, -0.1) is 0 Å². The Hall–Kier alpha value is -1.55. The maximum Gasteiger partial charge on any atom is 0.161 e. The number of benzene rings is 1. The summed E-state index contributed by atoms with van der Waals surface area (Å²) in [5.74, 6) is 2.86. The second-order valence-electron chi connectivity index (χ2n) is 7.59. The number of rotatable bonds is 5. The van der Waals surface area contributed by atoms with Gasteiger partial charge in [-0.2, -0.15) is 0 Å². The number of carbonyl (C=O) groups excluding carboxylic acids is 1.